The summed E-state index contributed by atoms with van der Waals surface area (Å²) >= 11 is 1.51. The molecule has 0 aliphatic heterocycles. The van der Waals surface area contributed by atoms with Gasteiger partial charge in [-0.1, -0.05) is 35.6 Å². The van der Waals surface area contributed by atoms with Gasteiger partial charge < -0.3 is 14.4 Å². The molecule has 0 fully saturated rings. The van der Waals surface area contributed by atoms with Gasteiger partial charge in [-0.25, -0.2) is 4.98 Å². The SMILES string of the molecule is COc1ccc(C)c2sc(N(CCN(C)C)C(=O)COc3ccccc3C)nc12.Cl. The number of thiazole rings is 1. The third-order valence-electron chi connectivity index (χ3n) is 4.66. The van der Waals surface area contributed by atoms with Gasteiger partial charge in [0, 0.05) is 13.1 Å². The molecule has 0 aliphatic carbocycles. The molecule has 0 unspecified atom stereocenters. The van der Waals surface area contributed by atoms with Crippen LogP contribution in [-0.2, 0) is 4.79 Å². The molecule has 0 saturated heterocycles. The Hall–Kier alpha value is -2.35. The van der Waals surface area contributed by atoms with Crippen LogP contribution in [-0.4, -0.2) is 56.7 Å². The van der Waals surface area contributed by atoms with E-state index < -0.39 is 0 Å². The van der Waals surface area contributed by atoms with Crippen LogP contribution in [0.5, 0.6) is 11.5 Å². The topological polar surface area (TPSA) is 54.9 Å². The maximum atomic E-state index is 13.1. The first kappa shape index (κ1) is 23.9. The first-order valence-electron chi connectivity index (χ1n) is 9.48. The van der Waals surface area contributed by atoms with Crippen LogP contribution < -0.4 is 14.4 Å². The molecule has 162 valence electrons. The second-order valence-corrected chi connectivity index (χ2v) is 8.14. The van der Waals surface area contributed by atoms with Gasteiger partial charge in [0.05, 0.1) is 11.8 Å². The van der Waals surface area contributed by atoms with Gasteiger partial charge in [0.15, 0.2) is 11.7 Å². The molecular formula is C22H28ClN3O3S. The smallest absolute Gasteiger partial charge is 0.266 e. The number of nitrogens with zero attached hydrogens (tertiary/aromatic N) is 3. The second-order valence-electron chi connectivity index (χ2n) is 7.16. The fourth-order valence-corrected chi connectivity index (χ4v) is 4.04. The molecule has 0 spiro atoms. The number of fused-ring (bicyclic) bond motifs is 1. The number of likely N-dealkylation sites (N-methyl/N-ethyl adjacent to an activating group) is 1. The summed E-state index contributed by atoms with van der Waals surface area (Å²) < 4.78 is 12.3. The Balaban J connectivity index is 0.00000320. The second kappa shape index (κ2) is 10.6. The molecule has 2 aromatic carbocycles. The molecule has 3 rings (SSSR count). The molecule has 0 radical (unpaired) electrons. The van der Waals surface area contributed by atoms with E-state index in [-0.39, 0.29) is 24.9 Å². The number of aromatic nitrogens is 1. The number of benzene rings is 2. The molecule has 0 N–H and O–H groups in total. The molecule has 0 bridgehead atoms. The van der Waals surface area contributed by atoms with E-state index in [1.165, 1.54) is 11.3 Å². The molecule has 6 nitrogen and oxygen atoms in total. The molecule has 0 atom stereocenters. The highest BCUT2D eigenvalue weighted by molar-refractivity contribution is 7.22. The molecular weight excluding hydrogens is 422 g/mol. The van der Waals surface area contributed by atoms with Crippen LogP contribution in [0.25, 0.3) is 10.2 Å². The number of halogens is 1. The Bertz CT molecular complexity index is 1010. The third-order valence-corrected chi connectivity index (χ3v) is 5.87. The minimum Gasteiger partial charge on any atom is -0.494 e. The molecule has 1 heterocycles. The Kier molecular flexibility index (Phi) is 8.46. The van der Waals surface area contributed by atoms with Gasteiger partial charge in [0.25, 0.3) is 5.91 Å². The zero-order chi connectivity index (χ0) is 21.0. The number of amides is 1. The van der Waals surface area contributed by atoms with E-state index in [0.717, 1.165) is 33.6 Å². The standard InChI is InChI=1S/C22H27N3O3S.ClH/c1-15-8-6-7-9-17(15)28-14-19(26)25(13-12-24(3)4)22-23-20-18(27-5)11-10-16(2)21(20)29-22;/h6-11H,12-14H2,1-5H3;1H. The van der Waals surface area contributed by atoms with Gasteiger partial charge in [0.2, 0.25) is 0 Å². The number of anilines is 1. The average molecular weight is 450 g/mol. The third kappa shape index (κ3) is 5.41. The molecule has 0 saturated carbocycles. The van der Waals surface area contributed by atoms with Crippen LogP contribution in [0.3, 0.4) is 0 Å². The largest absolute Gasteiger partial charge is 0.494 e. The highest BCUT2D eigenvalue weighted by Crippen LogP contribution is 2.36. The monoisotopic (exact) mass is 449 g/mol. The van der Waals surface area contributed by atoms with Crippen LogP contribution in [0.4, 0.5) is 5.13 Å². The van der Waals surface area contributed by atoms with Crippen molar-refractivity contribution in [1.82, 2.24) is 9.88 Å². The molecule has 0 aliphatic rings. The van der Waals surface area contributed by atoms with Crippen molar-refractivity contribution < 1.29 is 14.3 Å². The Morgan fingerprint density at radius 1 is 1.03 bits per heavy atom. The molecule has 1 amide bonds. The maximum absolute atomic E-state index is 13.1. The highest BCUT2D eigenvalue weighted by atomic mass is 35.5. The maximum Gasteiger partial charge on any atom is 0.266 e. The van der Waals surface area contributed by atoms with Gasteiger partial charge >= 0.3 is 0 Å². The lowest BCUT2D eigenvalue weighted by Gasteiger charge is -2.22. The van der Waals surface area contributed by atoms with E-state index in [0.29, 0.717) is 17.4 Å². The number of hydrogen-bond acceptors (Lipinski definition) is 6. The van der Waals surface area contributed by atoms with Crippen LogP contribution in [0, 0.1) is 13.8 Å². The molecule has 8 heteroatoms. The summed E-state index contributed by atoms with van der Waals surface area (Å²) in [7, 11) is 5.60. The predicted octanol–water partition coefficient (Wildman–Crippen LogP) is 4.32. The van der Waals surface area contributed by atoms with Crippen molar-refractivity contribution in [3.63, 3.8) is 0 Å². The normalized spacial score (nSPS) is 10.7. The predicted molar refractivity (Wildman–Crippen MR) is 126 cm³/mol. The van der Waals surface area contributed by atoms with Gasteiger partial charge in [-0.3, -0.25) is 9.69 Å². The van der Waals surface area contributed by atoms with E-state index >= 15 is 0 Å². The lowest BCUT2D eigenvalue weighted by Crippen LogP contribution is -2.39. The number of para-hydroxylation sites is 1. The summed E-state index contributed by atoms with van der Waals surface area (Å²) in [6, 6.07) is 11.6. The summed E-state index contributed by atoms with van der Waals surface area (Å²) in [6.07, 6.45) is 0. The number of rotatable bonds is 8. The first-order chi connectivity index (χ1) is 13.9. The number of carbonyl (C=O) groups is 1. The van der Waals surface area contributed by atoms with Crippen LogP contribution >= 0.6 is 23.7 Å². The van der Waals surface area contributed by atoms with E-state index in [2.05, 4.69) is 0 Å². The summed E-state index contributed by atoms with van der Waals surface area (Å²) in [5.74, 6) is 1.31. The number of methoxy groups -OCH3 is 1. The average Bonchev–Trinajstić information content (AvgIpc) is 3.13. The van der Waals surface area contributed by atoms with E-state index in [4.69, 9.17) is 14.5 Å². The number of aryl methyl sites for hydroxylation is 2. The zero-order valence-electron chi connectivity index (χ0n) is 18.0. The van der Waals surface area contributed by atoms with Crippen LogP contribution in [0.1, 0.15) is 11.1 Å². The minimum atomic E-state index is -0.120. The van der Waals surface area contributed by atoms with Gasteiger partial charge in [-0.15, -0.1) is 12.4 Å². The molecule has 1 aromatic heterocycles. The fourth-order valence-electron chi connectivity index (χ4n) is 2.94. The van der Waals surface area contributed by atoms with Gasteiger partial charge in [-0.2, -0.15) is 0 Å². The number of ether oxygens (including phenoxy) is 2. The fraction of sp³-hybridized carbons (Fsp3) is 0.364. The zero-order valence-corrected chi connectivity index (χ0v) is 19.6. The quantitative estimate of drug-likeness (QED) is 0.512. The summed E-state index contributed by atoms with van der Waals surface area (Å²) in [5.41, 5.74) is 2.90. The van der Waals surface area contributed by atoms with Gasteiger partial charge in [0.1, 0.15) is 17.0 Å². The molecule has 3 aromatic rings. The lowest BCUT2D eigenvalue weighted by molar-refractivity contribution is -0.120. The first-order valence-corrected chi connectivity index (χ1v) is 10.3. The van der Waals surface area contributed by atoms with Crippen molar-refractivity contribution in [2.75, 3.05) is 45.8 Å². The number of hydrogen-bond donors (Lipinski definition) is 0. The van der Waals surface area contributed by atoms with Crippen LogP contribution in [0.15, 0.2) is 36.4 Å². The van der Waals surface area contributed by atoms with Crippen molar-refractivity contribution >= 4 is 45.0 Å². The summed E-state index contributed by atoms with van der Waals surface area (Å²) in [5, 5.41) is 0.660. The lowest BCUT2D eigenvalue weighted by atomic mass is 10.2. The van der Waals surface area contributed by atoms with E-state index in [1.807, 2.05) is 69.2 Å². The van der Waals surface area contributed by atoms with Crippen molar-refractivity contribution in [2.24, 2.45) is 0 Å². The van der Waals surface area contributed by atoms with Crippen molar-refractivity contribution in [1.29, 1.82) is 0 Å². The van der Waals surface area contributed by atoms with Crippen molar-refractivity contribution in [2.45, 2.75) is 13.8 Å². The van der Waals surface area contributed by atoms with Crippen molar-refractivity contribution in [3.05, 3.63) is 47.5 Å². The molecule has 30 heavy (non-hydrogen) atoms. The summed E-state index contributed by atoms with van der Waals surface area (Å²) in [6.45, 7) is 5.22. The Morgan fingerprint density at radius 2 is 1.77 bits per heavy atom. The van der Waals surface area contributed by atoms with Gasteiger partial charge in [-0.05, 0) is 51.2 Å². The number of carbonyl (C=O) groups excluding carboxylic acids is 1. The Morgan fingerprint density at radius 3 is 2.43 bits per heavy atom. The highest BCUT2D eigenvalue weighted by Gasteiger charge is 2.22. The Labute approximate surface area is 187 Å². The van der Waals surface area contributed by atoms with Crippen molar-refractivity contribution in [3.8, 4) is 11.5 Å². The van der Waals surface area contributed by atoms with E-state index in [1.54, 1.807) is 12.0 Å². The summed E-state index contributed by atoms with van der Waals surface area (Å²) in [4.78, 5) is 21.6. The van der Waals surface area contributed by atoms with E-state index in [9.17, 15) is 4.79 Å². The van der Waals surface area contributed by atoms with Crippen LogP contribution in [0.2, 0.25) is 0 Å². The minimum absolute atomic E-state index is 0.